The number of hydrogen-bond acceptors (Lipinski definition) is 8. The molecule has 2 aromatic heterocycles. The minimum atomic E-state index is -1.06. The molecule has 11 nitrogen and oxygen atoms in total. The van der Waals surface area contributed by atoms with Crippen LogP contribution in [0.25, 0.3) is 5.65 Å². The first-order chi connectivity index (χ1) is 14.1. The largest absolute Gasteiger partial charge is 0.482 e. The van der Waals surface area contributed by atoms with Gasteiger partial charge in [0.2, 0.25) is 5.91 Å². The molecular formula is C18H19N7O4. The number of carboxylic acids is 1. The Balaban J connectivity index is 1.33. The van der Waals surface area contributed by atoms with Crippen LogP contribution in [-0.2, 0) is 9.59 Å². The number of carbonyl (C=O) groups excluding carboxylic acids is 1. The molecule has 3 aromatic rings. The second-order valence-electron chi connectivity index (χ2n) is 6.68. The first kappa shape index (κ1) is 18.6. The molecule has 2 N–H and O–H groups in total. The van der Waals surface area contributed by atoms with Gasteiger partial charge in [0.15, 0.2) is 18.1 Å². The fourth-order valence-electron chi connectivity index (χ4n) is 3.23. The van der Waals surface area contributed by atoms with E-state index in [1.165, 1.54) is 4.63 Å². The summed E-state index contributed by atoms with van der Waals surface area (Å²) in [5, 5.41) is 27.2. The highest BCUT2D eigenvalue weighted by atomic mass is 16.5. The van der Waals surface area contributed by atoms with Crippen LogP contribution in [0.4, 0.5) is 11.5 Å². The Morgan fingerprint density at radius 2 is 2.03 bits per heavy atom. The molecule has 1 fully saturated rings. The van der Waals surface area contributed by atoms with Crippen molar-refractivity contribution in [1.29, 1.82) is 0 Å². The summed E-state index contributed by atoms with van der Waals surface area (Å²) in [5.74, 6) is -0.0773. The number of piperidine rings is 1. The van der Waals surface area contributed by atoms with Crippen molar-refractivity contribution in [1.82, 2.24) is 25.3 Å². The molecule has 0 aliphatic carbocycles. The van der Waals surface area contributed by atoms with Gasteiger partial charge in [-0.2, -0.15) is 0 Å². The van der Waals surface area contributed by atoms with Crippen molar-refractivity contribution in [3.63, 3.8) is 0 Å². The molecule has 1 aliphatic heterocycles. The van der Waals surface area contributed by atoms with E-state index in [0.29, 0.717) is 43.0 Å². The lowest BCUT2D eigenvalue weighted by Crippen LogP contribution is -2.38. The molecule has 0 spiro atoms. The number of anilines is 2. The van der Waals surface area contributed by atoms with Gasteiger partial charge in [-0.3, -0.25) is 4.79 Å². The molecule has 0 atom stereocenters. The Bertz CT molecular complexity index is 1030. The number of benzene rings is 1. The van der Waals surface area contributed by atoms with E-state index in [1.54, 1.807) is 30.3 Å². The van der Waals surface area contributed by atoms with Crippen LogP contribution in [0.15, 0.2) is 36.4 Å². The Morgan fingerprint density at radius 1 is 1.21 bits per heavy atom. The van der Waals surface area contributed by atoms with Gasteiger partial charge in [0, 0.05) is 30.8 Å². The Kier molecular flexibility index (Phi) is 5.18. The van der Waals surface area contributed by atoms with E-state index >= 15 is 0 Å². The topological polar surface area (TPSA) is 135 Å². The summed E-state index contributed by atoms with van der Waals surface area (Å²) in [6, 6.07) is 10.4. The van der Waals surface area contributed by atoms with Crippen molar-refractivity contribution < 1.29 is 19.4 Å². The fourth-order valence-corrected chi connectivity index (χ4v) is 3.23. The average Bonchev–Trinajstić information content (AvgIpc) is 3.20. The molecule has 1 aromatic carbocycles. The van der Waals surface area contributed by atoms with Crippen molar-refractivity contribution >= 4 is 29.0 Å². The number of carboxylic acid groups (broad SMARTS) is 1. The lowest BCUT2D eigenvalue weighted by Gasteiger charge is -2.31. The number of tetrazole rings is 1. The molecule has 11 heteroatoms. The fraction of sp³-hybridized carbons (Fsp3) is 0.333. The lowest BCUT2D eigenvalue weighted by molar-refractivity contribution is -0.139. The number of aromatic nitrogens is 5. The van der Waals surface area contributed by atoms with Crippen LogP contribution in [0.1, 0.15) is 12.8 Å². The van der Waals surface area contributed by atoms with Crippen LogP contribution in [0.3, 0.4) is 0 Å². The van der Waals surface area contributed by atoms with Gasteiger partial charge in [0.25, 0.3) is 0 Å². The zero-order valence-electron chi connectivity index (χ0n) is 15.4. The Morgan fingerprint density at radius 3 is 2.83 bits per heavy atom. The van der Waals surface area contributed by atoms with Crippen LogP contribution >= 0.6 is 0 Å². The number of ether oxygens (including phenoxy) is 1. The lowest BCUT2D eigenvalue weighted by atomic mass is 9.96. The predicted molar refractivity (Wildman–Crippen MR) is 102 cm³/mol. The summed E-state index contributed by atoms with van der Waals surface area (Å²) in [4.78, 5) is 25.3. The van der Waals surface area contributed by atoms with E-state index in [0.717, 1.165) is 5.82 Å². The van der Waals surface area contributed by atoms with Crippen molar-refractivity contribution in [2.24, 2.45) is 5.92 Å². The van der Waals surface area contributed by atoms with Gasteiger partial charge in [0.05, 0.1) is 0 Å². The highest BCUT2D eigenvalue weighted by molar-refractivity contribution is 5.92. The molecule has 0 saturated carbocycles. The number of carbonyl (C=O) groups is 2. The molecule has 4 rings (SSSR count). The number of nitrogens with zero attached hydrogens (tertiary/aromatic N) is 6. The maximum Gasteiger partial charge on any atom is 0.341 e. The summed E-state index contributed by atoms with van der Waals surface area (Å²) in [7, 11) is 0. The van der Waals surface area contributed by atoms with Gasteiger partial charge >= 0.3 is 5.97 Å². The number of aliphatic carboxylic acids is 1. The highest BCUT2D eigenvalue weighted by Gasteiger charge is 2.26. The van der Waals surface area contributed by atoms with Crippen LogP contribution in [-0.4, -0.2) is 61.9 Å². The number of fused-ring (bicyclic) bond motifs is 1. The number of hydrogen-bond donors (Lipinski definition) is 2. The molecule has 150 valence electrons. The molecule has 1 aliphatic rings. The third-order valence-corrected chi connectivity index (χ3v) is 4.71. The van der Waals surface area contributed by atoms with Gasteiger partial charge in [-0.15, -0.1) is 14.8 Å². The summed E-state index contributed by atoms with van der Waals surface area (Å²) >= 11 is 0. The van der Waals surface area contributed by atoms with Gasteiger partial charge in [-0.25, -0.2) is 4.79 Å². The van der Waals surface area contributed by atoms with Crippen LogP contribution < -0.4 is 15.0 Å². The van der Waals surface area contributed by atoms with Crippen molar-refractivity contribution in [3.05, 3.63) is 36.4 Å². The van der Waals surface area contributed by atoms with Crippen molar-refractivity contribution in [3.8, 4) is 5.75 Å². The quantitative estimate of drug-likeness (QED) is 0.620. The molecule has 0 bridgehead atoms. The second-order valence-corrected chi connectivity index (χ2v) is 6.68. The third kappa shape index (κ3) is 4.39. The maximum absolute atomic E-state index is 12.6. The first-order valence-electron chi connectivity index (χ1n) is 9.14. The zero-order valence-corrected chi connectivity index (χ0v) is 15.4. The van der Waals surface area contributed by atoms with E-state index in [-0.39, 0.29) is 11.8 Å². The SMILES string of the molecule is O=C(O)COc1cccc(NC(=O)C2CCN(c3ccc4nnnn4n3)CC2)c1. The normalized spacial score (nSPS) is 14.7. The Labute approximate surface area is 165 Å². The molecule has 1 amide bonds. The third-order valence-electron chi connectivity index (χ3n) is 4.71. The number of amides is 1. The van der Waals surface area contributed by atoms with E-state index in [9.17, 15) is 9.59 Å². The van der Waals surface area contributed by atoms with E-state index in [1.807, 2.05) is 6.07 Å². The average molecular weight is 397 g/mol. The summed E-state index contributed by atoms with van der Waals surface area (Å²) in [6.07, 6.45) is 1.38. The standard InChI is InChI=1S/C18H19N7O4/c26-17(27)11-29-14-3-1-2-13(10-14)19-18(28)12-6-8-24(9-7-12)16-5-4-15-20-22-23-25(15)21-16/h1-5,10,12H,6-9,11H2,(H,19,28)(H,26,27). The zero-order chi connectivity index (χ0) is 20.2. The van der Waals surface area contributed by atoms with Gasteiger partial charge in [0.1, 0.15) is 5.75 Å². The summed E-state index contributed by atoms with van der Waals surface area (Å²) in [6.45, 7) is 0.960. The van der Waals surface area contributed by atoms with Gasteiger partial charge in [-0.05, 0) is 47.5 Å². The summed E-state index contributed by atoms with van der Waals surface area (Å²) in [5.41, 5.74) is 1.16. The Hall–Kier alpha value is -3.76. The van der Waals surface area contributed by atoms with Crippen LogP contribution in [0.2, 0.25) is 0 Å². The monoisotopic (exact) mass is 397 g/mol. The summed E-state index contributed by atoms with van der Waals surface area (Å²) < 4.78 is 6.52. The molecule has 1 saturated heterocycles. The number of nitrogens with one attached hydrogen (secondary N) is 1. The highest BCUT2D eigenvalue weighted by Crippen LogP contribution is 2.24. The van der Waals surface area contributed by atoms with Crippen molar-refractivity contribution in [2.45, 2.75) is 12.8 Å². The van der Waals surface area contributed by atoms with Gasteiger partial charge < -0.3 is 20.1 Å². The minimum absolute atomic E-state index is 0.0658. The van der Waals surface area contributed by atoms with Crippen LogP contribution in [0.5, 0.6) is 5.75 Å². The predicted octanol–water partition coefficient (Wildman–Crippen LogP) is 0.838. The molecular weight excluding hydrogens is 378 g/mol. The van der Waals surface area contributed by atoms with E-state index < -0.39 is 12.6 Å². The maximum atomic E-state index is 12.6. The second kappa shape index (κ2) is 8.09. The smallest absolute Gasteiger partial charge is 0.341 e. The number of rotatable bonds is 6. The molecule has 3 heterocycles. The van der Waals surface area contributed by atoms with Crippen molar-refractivity contribution in [2.75, 3.05) is 29.9 Å². The van der Waals surface area contributed by atoms with E-state index in [4.69, 9.17) is 9.84 Å². The molecule has 29 heavy (non-hydrogen) atoms. The van der Waals surface area contributed by atoms with E-state index in [2.05, 4.69) is 30.8 Å². The molecule has 0 radical (unpaired) electrons. The van der Waals surface area contributed by atoms with Gasteiger partial charge in [-0.1, -0.05) is 6.07 Å². The minimum Gasteiger partial charge on any atom is -0.482 e. The van der Waals surface area contributed by atoms with Crippen LogP contribution in [0, 0.1) is 5.92 Å². The molecule has 0 unspecified atom stereocenters. The first-order valence-corrected chi connectivity index (χ1v) is 9.14.